The molecule has 1 fully saturated rings. The molecule has 0 saturated carbocycles. The summed E-state index contributed by atoms with van der Waals surface area (Å²) in [5, 5.41) is 5.39. The lowest BCUT2D eigenvalue weighted by Crippen LogP contribution is -2.52. The zero-order valence-electron chi connectivity index (χ0n) is 21.8. The van der Waals surface area contributed by atoms with Crippen LogP contribution in [0.15, 0.2) is 29.5 Å². The maximum Gasteiger partial charge on any atom is 0.341 e. The van der Waals surface area contributed by atoms with E-state index in [9.17, 15) is 18.0 Å². The first kappa shape index (κ1) is 26.9. The zero-order valence-corrected chi connectivity index (χ0v) is 21.8. The number of benzene rings is 1. The summed E-state index contributed by atoms with van der Waals surface area (Å²) in [5.41, 5.74) is 0.284. The maximum atomic E-state index is 14.9. The number of carbonyl (C=O) groups is 1. The standard InChI is InChI=1S/C25H25F3N8O4/c1-38-21-19(22(39-2)33-24(32-21)40-3)20-17(28)13-29-23(31-20)34-6-8-35(9-7-34)25(37)36-18(4-5-30-36)14-10-15(26)12-16(27)11-14/h5,10-13,18H,4,6-9H2,1-3H3/t18-/m0/s1. The minimum absolute atomic E-state index is 0.00145. The van der Waals surface area contributed by atoms with Gasteiger partial charge in [0.25, 0.3) is 0 Å². The van der Waals surface area contributed by atoms with Crippen molar-refractivity contribution in [2.75, 3.05) is 52.4 Å². The van der Waals surface area contributed by atoms with Crippen LogP contribution < -0.4 is 19.1 Å². The van der Waals surface area contributed by atoms with Crippen LogP contribution in [0.1, 0.15) is 18.0 Å². The minimum Gasteiger partial charge on any atom is -0.480 e. The van der Waals surface area contributed by atoms with Gasteiger partial charge in [0.15, 0.2) is 5.82 Å². The Morgan fingerprint density at radius 1 is 0.900 bits per heavy atom. The van der Waals surface area contributed by atoms with Crippen LogP contribution in [0, 0.1) is 17.5 Å². The zero-order chi connectivity index (χ0) is 28.4. The quantitative estimate of drug-likeness (QED) is 0.450. The summed E-state index contributed by atoms with van der Waals surface area (Å²) in [7, 11) is 4.10. The SMILES string of the molecule is COc1nc(OC)c(-c2nc(N3CCN(C(=O)N4N=CC[C@H]4c4cc(F)cc(F)c4)CC3)ncc2F)c(OC)n1. The summed E-state index contributed by atoms with van der Waals surface area (Å²) in [6, 6.07) is 2.13. The van der Waals surface area contributed by atoms with Crippen molar-refractivity contribution in [1.29, 1.82) is 0 Å². The molecule has 1 saturated heterocycles. The summed E-state index contributed by atoms with van der Waals surface area (Å²) < 4.78 is 58.2. The number of halogens is 3. The van der Waals surface area contributed by atoms with Gasteiger partial charge in [-0.3, -0.25) is 0 Å². The van der Waals surface area contributed by atoms with Crippen molar-refractivity contribution in [3.8, 4) is 29.0 Å². The number of rotatable bonds is 6. The fourth-order valence-electron chi connectivity index (χ4n) is 4.56. The highest BCUT2D eigenvalue weighted by molar-refractivity contribution is 5.79. The fraction of sp³-hybridized carbons (Fsp3) is 0.360. The van der Waals surface area contributed by atoms with Crippen LogP contribution in [-0.2, 0) is 0 Å². The number of aromatic nitrogens is 4. The molecule has 0 radical (unpaired) electrons. The van der Waals surface area contributed by atoms with Gasteiger partial charge in [-0.15, -0.1) is 0 Å². The summed E-state index contributed by atoms with van der Waals surface area (Å²) in [6.07, 6.45) is 2.91. The number of carbonyl (C=O) groups excluding carboxylic acids is 1. The molecule has 0 bridgehead atoms. The van der Waals surface area contributed by atoms with Crippen molar-refractivity contribution >= 4 is 18.2 Å². The van der Waals surface area contributed by atoms with Crippen molar-refractivity contribution in [2.24, 2.45) is 5.10 Å². The molecule has 3 aromatic rings. The molecule has 0 spiro atoms. The fourth-order valence-corrected chi connectivity index (χ4v) is 4.56. The van der Waals surface area contributed by atoms with Crippen LogP contribution in [0.2, 0.25) is 0 Å². The highest BCUT2D eigenvalue weighted by atomic mass is 19.1. The second-order valence-corrected chi connectivity index (χ2v) is 8.82. The van der Waals surface area contributed by atoms with E-state index in [1.54, 1.807) is 16.0 Å². The molecule has 2 aliphatic heterocycles. The Hall–Kier alpha value is -4.69. The largest absolute Gasteiger partial charge is 0.480 e. The van der Waals surface area contributed by atoms with E-state index < -0.39 is 29.5 Å². The van der Waals surface area contributed by atoms with E-state index in [1.165, 1.54) is 38.5 Å². The molecule has 1 atom stereocenters. The Bertz CT molecular complexity index is 1410. The summed E-state index contributed by atoms with van der Waals surface area (Å²) >= 11 is 0. The molecule has 2 amide bonds. The summed E-state index contributed by atoms with van der Waals surface area (Å²) in [5.74, 6) is -1.97. The molecule has 0 N–H and O–H groups in total. The third-order valence-electron chi connectivity index (χ3n) is 6.49. The Morgan fingerprint density at radius 3 is 2.15 bits per heavy atom. The molecular formula is C25H25F3N8O4. The van der Waals surface area contributed by atoms with Crippen LogP contribution in [0.4, 0.5) is 23.9 Å². The number of hydrogen-bond donors (Lipinski definition) is 0. The van der Waals surface area contributed by atoms with E-state index in [2.05, 4.69) is 25.0 Å². The lowest BCUT2D eigenvalue weighted by molar-refractivity contribution is 0.139. The maximum absolute atomic E-state index is 14.9. The number of amides is 2. The highest BCUT2D eigenvalue weighted by Crippen LogP contribution is 2.38. The van der Waals surface area contributed by atoms with E-state index in [0.717, 1.165) is 12.3 Å². The summed E-state index contributed by atoms with van der Waals surface area (Å²) in [4.78, 5) is 33.4. The van der Waals surface area contributed by atoms with Gasteiger partial charge in [0.2, 0.25) is 17.7 Å². The molecule has 0 unspecified atom stereocenters. The second-order valence-electron chi connectivity index (χ2n) is 8.82. The molecule has 12 nitrogen and oxygen atoms in total. The number of hydrogen-bond acceptors (Lipinski definition) is 10. The van der Waals surface area contributed by atoms with Crippen LogP contribution in [0.25, 0.3) is 11.3 Å². The van der Waals surface area contributed by atoms with Gasteiger partial charge >= 0.3 is 12.0 Å². The first-order valence-corrected chi connectivity index (χ1v) is 12.2. The monoisotopic (exact) mass is 558 g/mol. The van der Waals surface area contributed by atoms with E-state index in [1.807, 2.05) is 0 Å². The van der Waals surface area contributed by atoms with Gasteiger partial charge in [-0.1, -0.05) is 0 Å². The number of hydrazone groups is 1. The number of ether oxygens (including phenoxy) is 3. The second kappa shape index (κ2) is 11.2. The molecule has 2 aromatic heterocycles. The van der Waals surface area contributed by atoms with Crippen LogP contribution in [-0.4, -0.2) is 89.6 Å². The lowest BCUT2D eigenvalue weighted by atomic mass is 10.0. The van der Waals surface area contributed by atoms with Gasteiger partial charge in [0, 0.05) is 44.9 Å². The Labute approximate surface area is 227 Å². The van der Waals surface area contributed by atoms with Crippen molar-refractivity contribution in [1.82, 2.24) is 29.8 Å². The van der Waals surface area contributed by atoms with Crippen molar-refractivity contribution in [3.63, 3.8) is 0 Å². The molecule has 1 aromatic carbocycles. The normalized spacial score (nSPS) is 16.9. The van der Waals surface area contributed by atoms with Gasteiger partial charge in [0.05, 0.1) is 33.6 Å². The Kier molecular flexibility index (Phi) is 7.53. The Balaban J connectivity index is 1.33. The number of anilines is 1. The number of nitrogens with zero attached hydrogens (tertiary/aromatic N) is 8. The lowest BCUT2D eigenvalue weighted by Gasteiger charge is -2.37. The van der Waals surface area contributed by atoms with Crippen molar-refractivity contribution in [3.05, 3.63) is 47.4 Å². The van der Waals surface area contributed by atoms with Gasteiger partial charge < -0.3 is 24.0 Å². The first-order valence-electron chi connectivity index (χ1n) is 12.2. The van der Waals surface area contributed by atoms with Crippen LogP contribution >= 0.6 is 0 Å². The molecular weight excluding hydrogens is 533 g/mol. The number of piperazine rings is 1. The van der Waals surface area contributed by atoms with E-state index in [4.69, 9.17) is 14.2 Å². The molecule has 5 rings (SSSR count). The number of urea groups is 1. The summed E-state index contributed by atoms with van der Waals surface area (Å²) in [6.45, 7) is 1.23. The molecule has 0 aliphatic carbocycles. The molecule has 4 heterocycles. The van der Waals surface area contributed by atoms with E-state index in [0.29, 0.717) is 25.1 Å². The van der Waals surface area contributed by atoms with Crippen LogP contribution in [0.3, 0.4) is 0 Å². The predicted molar refractivity (Wildman–Crippen MR) is 136 cm³/mol. The van der Waals surface area contributed by atoms with Gasteiger partial charge in [0.1, 0.15) is 22.9 Å². The predicted octanol–water partition coefficient (Wildman–Crippen LogP) is 3.05. The van der Waals surface area contributed by atoms with E-state index >= 15 is 0 Å². The molecule has 15 heteroatoms. The average molecular weight is 559 g/mol. The topological polar surface area (TPSA) is 118 Å². The highest BCUT2D eigenvalue weighted by Gasteiger charge is 2.34. The minimum atomic E-state index is -0.741. The smallest absolute Gasteiger partial charge is 0.341 e. The Morgan fingerprint density at radius 2 is 1.55 bits per heavy atom. The number of methoxy groups -OCH3 is 3. The van der Waals surface area contributed by atoms with E-state index in [-0.39, 0.29) is 48.1 Å². The van der Waals surface area contributed by atoms with Gasteiger partial charge in [-0.25, -0.2) is 32.9 Å². The van der Waals surface area contributed by atoms with Crippen LogP contribution in [0.5, 0.6) is 17.8 Å². The van der Waals surface area contributed by atoms with Crippen molar-refractivity contribution < 1.29 is 32.2 Å². The third kappa shape index (κ3) is 5.13. The average Bonchev–Trinajstić information content (AvgIpc) is 3.46. The third-order valence-corrected chi connectivity index (χ3v) is 6.49. The van der Waals surface area contributed by atoms with Crippen molar-refractivity contribution in [2.45, 2.75) is 12.5 Å². The van der Waals surface area contributed by atoms with Gasteiger partial charge in [-0.05, 0) is 17.7 Å². The molecule has 2 aliphatic rings. The molecule has 210 valence electrons. The first-order chi connectivity index (χ1) is 19.3. The van der Waals surface area contributed by atoms with Gasteiger partial charge in [-0.2, -0.15) is 15.1 Å². The molecule has 40 heavy (non-hydrogen) atoms.